The van der Waals surface area contributed by atoms with Crippen molar-refractivity contribution in [1.29, 1.82) is 0 Å². The van der Waals surface area contributed by atoms with Crippen LogP contribution in [0.4, 0.5) is 21.5 Å². The van der Waals surface area contributed by atoms with Crippen molar-refractivity contribution in [2.24, 2.45) is 0 Å². The number of anilines is 3. The highest BCUT2D eigenvalue weighted by molar-refractivity contribution is 7.92. The van der Waals surface area contributed by atoms with Crippen LogP contribution in [-0.4, -0.2) is 33.4 Å². The monoisotopic (exact) mass is 455 g/mol. The summed E-state index contributed by atoms with van der Waals surface area (Å²) in [7, 11) is -3.88. The summed E-state index contributed by atoms with van der Waals surface area (Å²) >= 11 is 0. The molecule has 0 aliphatic carbocycles. The molecule has 0 unspecified atom stereocenters. The van der Waals surface area contributed by atoms with E-state index in [0.29, 0.717) is 17.1 Å². The second-order valence-corrected chi connectivity index (χ2v) is 8.60. The quantitative estimate of drug-likeness (QED) is 0.595. The molecule has 0 saturated heterocycles. The molecule has 2 N–H and O–H groups in total. The highest BCUT2D eigenvalue weighted by Crippen LogP contribution is 2.31. The van der Waals surface area contributed by atoms with Gasteiger partial charge in [0.25, 0.3) is 15.9 Å². The van der Waals surface area contributed by atoms with Crippen LogP contribution < -0.4 is 19.7 Å². The number of amides is 2. The van der Waals surface area contributed by atoms with Crippen molar-refractivity contribution in [1.82, 2.24) is 0 Å². The van der Waals surface area contributed by atoms with E-state index in [-0.39, 0.29) is 29.6 Å². The molecule has 0 aromatic heterocycles. The van der Waals surface area contributed by atoms with Crippen LogP contribution in [0.25, 0.3) is 0 Å². The van der Waals surface area contributed by atoms with Crippen molar-refractivity contribution < 1.29 is 27.1 Å². The topological polar surface area (TPSA) is 105 Å². The van der Waals surface area contributed by atoms with E-state index < -0.39 is 21.7 Å². The van der Waals surface area contributed by atoms with E-state index in [0.717, 1.165) is 24.3 Å². The number of hydrogen-bond donors (Lipinski definition) is 2. The SMILES string of the molecule is O=C(CN1C(=O)COc2ccccc21)Nc1ccc(NS(=O)(=O)c2ccc(F)cc2)cc1. The van der Waals surface area contributed by atoms with Crippen molar-refractivity contribution >= 4 is 38.9 Å². The molecule has 1 aliphatic rings. The standard InChI is InChI=1S/C22H18FN3O5S/c23-15-5-11-18(12-6-15)32(29,30)25-17-9-7-16(8-10-17)24-21(27)13-26-19-3-1-2-4-20(19)31-14-22(26)28/h1-12,25H,13-14H2,(H,24,27). The van der Waals surface area contributed by atoms with Crippen molar-refractivity contribution in [3.63, 3.8) is 0 Å². The molecule has 164 valence electrons. The number of para-hydroxylation sites is 2. The lowest BCUT2D eigenvalue weighted by atomic mass is 10.2. The normalized spacial score (nSPS) is 13.2. The zero-order valence-corrected chi connectivity index (χ0v) is 17.4. The van der Waals surface area contributed by atoms with Crippen LogP contribution in [0, 0.1) is 5.82 Å². The van der Waals surface area contributed by atoms with E-state index in [1.54, 1.807) is 24.3 Å². The van der Waals surface area contributed by atoms with E-state index in [4.69, 9.17) is 4.74 Å². The Kier molecular flexibility index (Phi) is 5.78. The van der Waals surface area contributed by atoms with Crippen LogP contribution >= 0.6 is 0 Å². The maximum Gasteiger partial charge on any atom is 0.265 e. The predicted molar refractivity (Wildman–Crippen MR) is 117 cm³/mol. The van der Waals surface area contributed by atoms with Crippen molar-refractivity contribution in [2.75, 3.05) is 28.1 Å². The maximum absolute atomic E-state index is 13.0. The van der Waals surface area contributed by atoms with Gasteiger partial charge in [-0.25, -0.2) is 12.8 Å². The number of fused-ring (bicyclic) bond motifs is 1. The minimum atomic E-state index is -3.88. The van der Waals surface area contributed by atoms with Gasteiger partial charge in [0.2, 0.25) is 5.91 Å². The molecule has 0 radical (unpaired) electrons. The zero-order valence-electron chi connectivity index (χ0n) is 16.6. The second kappa shape index (κ2) is 8.67. The van der Waals surface area contributed by atoms with Crippen LogP contribution in [0.1, 0.15) is 0 Å². The average Bonchev–Trinajstić information content (AvgIpc) is 2.77. The Hall–Kier alpha value is -3.92. The van der Waals surface area contributed by atoms with Gasteiger partial charge >= 0.3 is 0 Å². The van der Waals surface area contributed by atoms with Gasteiger partial charge in [0.05, 0.1) is 10.6 Å². The third-order valence-electron chi connectivity index (χ3n) is 4.65. The Bertz CT molecular complexity index is 1260. The fourth-order valence-corrected chi connectivity index (χ4v) is 4.18. The predicted octanol–water partition coefficient (Wildman–Crippen LogP) is 2.99. The summed E-state index contributed by atoms with van der Waals surface area (Å²) in [5.41, 5.74) is 1.21. The minimum Gasteiger partial charge on any atom is -0.482 e. The second-order valence-electron chi connectivity index (χ2n) is 6.92. The molecular formula is C22H18FN3O5S. The van der Waals surface area contributed by atoms with Crippen LogP contribution in [0.15, 0.2) is 77.7 Å². The molecule has 0 saturated carbocycles. The zero-order chi connectivity index (χ0) is 22.7. The first-order chi connectivity index (χ1) is 15.3. The van der Waals surface area contributed by atoms with Gasteiger partial charge in [0.15, 0.2) is 6.61 Å². The molecule has 0 spiro atoms. The van der Waals surface area contributed by atoms with Gasteiger partial charge in [-0.15, -0.1) is 0 Å². The Balaban J connectivity index is 1.40. The molecule has 1 heterocycles. The first kappa shape index (κ1) is 21.3. The molecule has 0 bridgehead atoms. The summed E-state index contributed by atoms with van der Waals surface area (Å²) in [4.78, 5) is 25.9. The number of carbonyl (C=O) groups excluding carboxylic acids is 2. The van der Waals surface area contributed by atoms with Crippen LogP contribution in [0.3, 0.4) is 0 Å². The van der Waals surface area contributed by atoms with Crippen molar-refractivity contribution in [3.8, 4) is 5.75 Å². The number of rotatable bonds is 6. The first-order valence-electron chi connectivity index (χ1n) is 9.52. The van der Waals surface area contributed by atoms with Gasteiger partial charge in [-0.05, 0) is 60.7 Å². The highest BCUT2D eigenvalue weighted by Gasteiger charge is 2.27. The lowest BCUT2D eigenvalue weighted by molar-refractivity contribution is -0.123. The summed E-state index contributed by atoms with van der Waals surface area (Å²) < 4.78 is 45.5. The third-order valence-corrected chi connectivity index (χ3v) is 6.05. The van der Waals surface area contributed by atoms with E-state index in [9.17, 15) is 22.4 Å². The molecule has 32 heavy (non-hydrogen) atoms. The fraction of sp³-hybridized carbons (Fsp3) is 0.0909. The Morgan fingerprint density at radius 3 is 2.34 bits per heavy atom. The van der Waals surface area contributed by atoms with Crippen molar-refractivity contribution in [2.45, 2.75) is 4.90 Å². The number of sulfonamides is 1. The average molecular weight is 455 g/mol. The van der Waals surface area contributed by atoms with E-state index in [1.807, 2.05) is 0 Å². The Morgan fingerprint density at radius 2 is 1.62 bits per heavy atom. The lowest BCUT2D eigenvalue weighted by Crippen LogP contribution is -2.43. The number of ether oxygens (including phenoxy) is 1. The molecule has 0 fully saturated rings. The first-order valence-corrected chi connectivity index (χ1v) is 11.0. The molecule has 1 aliphatic heterocycles. The Morgan fingerprint density at radius 1 is 0.969 bits per heavy atom. The van der Waals surface area contributed by atoms with Gasteiger partial charge in [-0.1, -0.05) is 12.1 Å². The maximum atomic E-state index is 13.0. The molecule has 4 rings (SSSR count). The van der Waals surface area contributed by atoms with E-state index in [1.165, 1.54) is 29.2 Å². The Labute approximate surface area is 183 Å². The van der Waals surface area contributed by atoms with Crippen molar-refractivity contribution in [3.05, 3.63) is 78.6 Å². The summed E-state index contributed by atoms with van der Waals surface area (Å²) in [5.74, 6) is -0.761. The van der Waals surface area contributed by atoms with Crippen LogP contribution in [-0.2, 0) is 19.6 Å². The molecule has 3 aromatic rings. The third kappa shape index (κ3) is 4.70. The summed E-state index contributed by atoms with van der Waals surface area (Å²) in [5, 5.41) is 2.68. The number of nitrogens with one attached hydrogen (secondary N) is 2. The summed E-state index contributed by atoms with van der Waals surface area (Å²) in [6.07, 6.45) is 0. The highest BCUT2D eigenvalue weighted by atomic mass is 32.2. The van der Waals surface area contributed by atoms with E-state index >= 15 is 0 Å². The number of benzene rings is 3. The van der Waals surface area contributed by atoms with Gasteiger partial charge in [-0.2, -0.15) is 0 Å². The molecule has 8 nitrogen and oxygen atoms in total. The smallest absolute Gasteiger partial charge is 0.265 e. The molecule has 0 atom stereocenters. The molecule has 2 amide bonds. The number of hydrogen-bond acceptors (Lipinski definition) is 5. The summed E-state index contributed by atoms with van der Waals surface area (Å²) in [6.45, 7) is -0.342. The lowest BCUT2D eigenvalue weighted by Gasteiger charge is -2.28. The number of nitrogens with zero attached hydrogens (tertiary/aromatic N) is 1. The van der Waals surface area contributed by atoms with E-state index in [2.05, 4.69) is 10.0 Å². The molecular weight excluding hydrogens is 437 g/mol. The minimum absolute atomic E-state index is 0.0771. The largest absolute Gasteiger partial charge is 0.482 e. The van der Waals surface area contributed by atoms with Crippen LogP contribution in [0.5, 0.6) is 5.75 Å². The van der Waals surface area contributed by atoms with Gasteiger partial charge in [-0.3, -0.25) is 19.2 Å². The fourth-order valence-electron chi connectivity index (χ4n) is 3.12. The van der Waals surface area contributed by atoms with Gasteiger partial charge in [0.1, 0.15) is 18.1 Å². The number of carbonyl (C=O) groups is 2. The van der Waals surface area contributed by atoms with Crippen LogP contribution in [0.2, 0.25) is 0 Å². The number of halogens is 1. The molecule has 3 aromatic carbocycles. The van der Waals surface area contributed by atoms with Gasteiger partial charge in [0, 0.05) is 11.4 Å². The summed E-state index contributed by atoms with van der Waals surface area (Å²) in [6, 6.07) is 17.4. The molecule has 10 heteroatoms. The van der Waals surface area contributed by atoms with Gasteiger partial charge < -0.3 is 10.1 Å².